The molecule has 0 aliphatic carbocycles. The van der Waals surface area contributed by atoms with Crippen LogP contribution in [0, 0.1) is 5.63 Å². The summed E-state index contributed by atoms with van der Waals surface area (Å²) in [6.07, 6.45) is 0.839. The third kappa shape index (κ3) is 2.52. The van der Waals surface area contributed by atoms with Gasteiger partial charge in [-0.05, 0) is 0 Å². The number of rotatable bonds is 1. The van der Waals surface area contributed by atoms with Crippen molar-refractivity contribution in [1.29, 1.82) is 0 Å². The van der Waals surface area contributed by atoms with Crippen LogP contribution < -0.4 is 0 Å². The Balaban J connectivity index is 2.16. The van der Waals surface area contributed by atoms with Crippen molar-refractivity contribution in [3.8, 4) is 11.3 Å². The van der Waals surface area contributed by atoms with Crippen molar-refractivity contribution in [1.82, 2.24) is 29.1 Å². The van der Waals surface area contributed by atoms with Gasteiger partial charge in [0.05, 0.1) is 0 Å². The molecule has 0 radical (unpaired) electrons. The van der Waals surface area contributed by atoms with E-state index in [1.165, 1.54) is 40.0 Å². The second-order valence-electron chi connectivity index (χ2n) is 5.00. The standard InChI is InChI=1S/C14H6F3N6OP/c15-14(16,17)8-3-11-9(4-10(8)22-2-1-18-7-22)19-5-12-20-21-13(6-25-24)23(11)12/h1-5,7H. The quantitative estimate of drug-likeness (QED) is 0.486. The summed E-state index contributed by atoms with van der Waals surface area (Å²) in [6.45, 7) is 0. The summed E-state index contributed by atoms with van der Waals surface area (Å²) in [7, 11) is -0.455. The Morgan fingerprint density at radius 2 is 2.04 bits per heavy atom. The topological polar surface area (TPSA) is 78.0 Å². The molecule has 4 aromatic rings. The van der Waals surface area contributed by atoms with E-state index in [1.54, 1.807) is 0 Å². The van der Waals surface area contributed by atoms with Crippen LogP contribution in [-0.2, 0) is 10.7 Å². The van der Waals surface area contributed by atoms with E-state index in [1.807, 2.05) is 0 Å². The maximum atomic E-state index is 13.6. The molecule has 25 heavy (non-hydrogen) atoms. The molecule has 0 bridgehead atoms. The molecule has 0 fully saturated rings. The molecule has 0 aliphatic rings. The number of fused-ring (bicyclic) bond motifs is 3. The molecule has 0 N–H and O–H groups in total. The monoisotopic (exact) mass is 362 g/mol. The van der Waals surface area contributed by atoms with Crippen LogP contribution in [0.3, 0.4) is 0 Å². The zero-order chi connectivity index (χ0) is 17.6. The number of aromatic nitrogens is 6. The van der Waals surface area contributed by atoms with E-state index in [0.29, 0.717) is 0 Å². The molecule has 3 heterocycles. The first kappa shape index (κ1) is 15.6. The molecular weight excluding hydrogens is 356 g/mol. The number of benzene rings is 1. The number of imidazole rings is 1. The van der Waals surface area contributed by atoms with Crippen LogP contribution in [0.1, 0.15) is 11.4 Å². The second kappa shape index (κ2) is 5.54. The van der Waals surface area contributed by atoms with E-state index in [4.69, 9.17) is 0 Å². The van der Waals surface area contributed by atoms with Gasteiger partial charge in [0, 0.05) is 0 Å². The number of hydrogen-bond acceptors (Lipinski definition) is 5. The average molecular weight is 362 g/mol. The molecule has 11 heteroatoms. The Morgan fingerprint density at radius 1 is 1.20 bits per heavy atom. The summed E-state index contributed by atoms with van der Waals surface area (Å²) in [4.78, 5) is 7.93. The molecule has 0 aliphatic heterocycles. The number of hydrogen-bond donors (Lipinski definition) is 0. The van der Waals surface area contributed by atoms with Crippen molar-refractivity contribution in [2.45, 2.75) is 6.18 Å². The zero-order valence-electron chi connectivity index (χ0n) is 12.1. The van der Waals surface area contributed by atoms with Crippen molar-refractivity contribution >= 4 is 24.6 Å². The van der Waals surface area contributed by atoms with Gasteiger partial charge < -0.3 is 0 Å². The minimum absolute atomic E-state index is 0.0440. The Kier molecular flexibility index (Phi) is 3.45. The Labute approximate surface area is 138 Å². The van der Waals surface area contributed by atoms with Crippen LogP contribution in [0.15, 0.2) is 37.1 Å². The van der Waals surface area contributed by atoms with E-state index in [2.05, 4.69) is 25.8 Å². The van der Waals surface area contributed by atoms with Gasteiger partial charge in [-0.15, -0.1) is 0 Å². The third-order valence-electron chi connectivity index (χ3n) is 3.57. The first-order chi connectivity index (χ1) is 12.0. The first-order valence-corrected chi connectivity index (χ1v) is 7.62. The SMILES string of the molecule is O=P#Cc1nnc2cnc3cc(-n4ccnc4)c(C(F)(F)F)cc3n12. The van der Waals surface area contributed by atoms with Crippen LogP contribution in [-0.4, -0.2) is 29.1 Å². The molecule has 124 valence electrons. The van der Waals surface area contributed by atoms with Crippen molar-refractivity contribution < 1.29 is 17.7 Å². The van der Waals surface area contributed by atoms with Gasteiger partial charge in [0.1, 0.15) is 0 Å². The van der Waals surface area contributed by atoms with Crippen LogP contribution in [0.2, 0.25) is 0 Å². The molecule has 0 atom stereocenters. The normalized spacial score (nSPS) is 11.8. The van der Waals surface area contributed by atoms with Crippen LogP contribution in [0.5, 0.6) is 0 Å². The predicted molar refractivity (Wildman–Crippen MR) is 81.0 cm³/mol. The Morgan fingerprint density at radius 3 is 2.72 bits per heavy atom. The molecule has 0 amide bonds. The molecule has 3 aromatic heterocycles. The third-order valence-corrected chi connectivity index (χ3v) is 3.87. The summed E-state index contributed by atoms with van der Waals surface area (Å²) in [5.41, 5.74) is 2.07. The van der Waals surface area contributed by atoms with Crippen molar-refractivity contribution in [2.75, 3.05) is 0 Å². The van der Waals surface area contributed by atoms with Crippen molar-refractivity contribution in [2.24, 2.45) is 0 Å². The molecule has 0 saturated heterocycles. The Hall–Kier alpha value is -2.96. The number of halogens is 3. The summed E-state index contributed by atoms with van der Waals surface area (Å²) in [5, 5.41) is 7.56. The van der Waals surface area contributed by atoms with Gasteiger partial charge in [-0.25, -0.2) is 0 Å². The van der Waals surface area contributed by atoms with Crippen LogP contribution in [0.25, 0.3) is 22.4 Å². The molecule has 4 rings (SSSR count). The molecular formula is C14H6F3N6OP. The summed E-state index contributed by atoms with van der Waals surface area (Å²) >= 11 is 0. The van der Waals surface area contributed by atoms with Crippen molar-refractivity contribution in [3.63, 3.8) is 0 Å². The van der Waals surface area contributed by atoms with Gasteiger partial charge in [0.2, 0.25) is 0 Å². The maximum absolute atomic E-state index is 13.6. The van der Waals surface area contributed by atoms with Crippen molar-refractivity contribution in [3.05, 3.63) is 48.4 Å². The van der Waals surface area contributed by atoms with E-state index < -0.39 is 19.7 Å². The molecule has 1 aromatic carbocycles. The fourth-order valence-electron chi connectivity index (χ4n) is 2.55. The molecule has 0 spiro atoms. The minimum atomic E-state index is -4.60. The van der Waals surface area contributed by atoms with E-state index in [-0.39, 0.29) is 28.2 Å². The van der Waals surface area contributed by atoms with E-state index >= 15 is 0 Å². The van der Waals surface area contributed by atoms with Gasteiger partial charge in [0.25, 0.3) is 0 Å². The summed E-state index contributed by atoms with van der Waals surface area (Å²) in [6, 6.07) is 2.26. The fraction of sp³-hybridized carbons (Fsp3) is 0.0714. The van der Waals surface area contributed by atoms with Gasteiger partial charge in [-0.2, -0.15) is 0 Å². The average Bonchev–Trinajstić information content (AvgIpc) is 3.23. The number of alkyl halides is 3. The van der Waals surface area contributed by atoms with E-state index in [0.717, 1.165) is 6.07 Å². The predicted octanol–water partition coefficient (Wildman–Crippen LogP) is 3.08. The molecule has 0 saturated carbocycles. The first-order valence-electron chi connectivity index (χ1n) is 6.81. The number of nitrogens with zero attached hydrogens (tertiary/aromatic N) is 6. The summed E-state index contributed by atoms with van der Waals surface area (Å²) < 4.78 is 54.1. The second-order valence-corrected chi connectivity index (χ2v) is 5.41. The van der Waals surface area contributed by atoms with Gasteiger partial charge in [-0.1, -0.05) is 0 Å². The molecule has 0 unspecified atom stereocenters. The molecule has 7 nitrogen and oxygen atoms in total. The van der Waals surface area contributed by atoms with Gasteiger partial charge in [0.15, 0.2) is 0 Å². The fourth-order valence-corrected chi connectivity index (χ4v) is 2.78. The van der Waals surface area contributed by atoms with Crippen LogP contribution >= 0.6 is 7.92 Å². The van der Waals surface area contributed by atoms with Gasteiger partial charge in [-0.3, -0.25) is 0 Å². The summed E-state index contributed by atoms with van der Waals surface area (Å²) in [5.74, 6) is 0.0440. The van der Waals surface area contributed by atoms with E-state index in [9.17, 15) is 17.7 Å². The Bertz CT molecular complexity index is 1210. The van der Waals surface area contributed by atoms with Gasteiger partial charge >= 0.3 is 137 Å². The zero-order valence-corrected chi connectivity index (χ0v) is 13.0. The van der Waals surface area contributed by atoms with Crippen LogP contribution in [0.4, 0.5) is 13.2 Å².